The third-order valence-electron chi connectivity index (χ3n) is 5.27. The number of carbonyl (C=O) groups excluding carboxylic acids is 1. The summed E-state index contributed by atoms with van der Waals surface area (Å²) in [5, 5.41) is 1.01. The van der Waals surface area contributed by atoms with E-state index < -0.39 is 0 Å². The van der Waals surface area contributed by atoms with Crippen LogP contribution in [0.15, 0.2) is 0 Å². The van der Waals surface area contributed by atoms with Crippen LogP contribution in [0.5, 0.6) is 0 Å². The molecule has 0 aromatic rings. The molecule has 0 aliphatic heterocycles. The average molecular weight is 314 g/mol. The van der Waals surface area contributed by atoms with Crippen molar-refractivity contribution in [2.45, 2.75) is 57.4 Å². The van der Waals surface area contributed by atoms with Crippen LogP contribution in [-0.2, 0) is 4.79 Å². The molecule has 3 heteroatoms. The van der Waals surface area contributed by atoms with E-state index in [0.29, 0.717) is 17.9 Å². The fourth-order valence-corrected chi connectivity index (χ4v) is 4.20. The molecule has 0 N–H and O–H groups in total. The van der Waals surface area contributed by atoms with Crippen LogP contribution in [0, 0.1) is 17.8 Å². The monoisotopic (exact) mass is 313 g/mol. The van der Waals surface area contributed by atoms with Gasteiger partial charge in [0.05, 0.1) is 0 Å². The first-order chi connectivity index (χ1) is 8.83. The summed E-state index contributed by atoms with van der Waals surface area (Å²) in [4.78, 5) is 15.0. The summed E-state index contributed by atoms with van der Waals surface area (Å²) in [5.74, 6) is 2.46. The second kappa shape index (κ2) is 5.52. The van der Waals surface area contributed by atoms with Gasteiger partial charge in [-0.25, -0.2) is 0 Å². The van der Waals surface area contributed by atoms with Gasteiger partial charge in [0.2, 0.25) is 5.91 Å². The number of rotatable bonds is 5. The second-order valence-corrected chi connectivity index (χ2v) is 7.09. The van der Waals surface area contributed by atoms with Gasteiger partial charge in [-0.15, -0.1) is 0 Å². The maximum atomic E-state index is 12.7. The predicted molar refractivity (Wildman–Crippen MR) is 76.7 cm³/mol. The molecule has 102 valence electrons. The maximum Gasteiger partial charge on any atom is 0.226 e. The summed E-state index contributed by atoms with van der Waals surface area (Å²) in [6.45, 7) is 0.977. The summed E-state index contributed by atoms with van der Waals surface area (Å²) in [7, 11) is 0. The summed E-state index contributed by atoms with van der Waals surface area (Å²) < 4.78 is 0. The molecule has 3 aliphatic carbocycles. The SMILES string of the molecule is O=C(C1C2CCCCC21)N(CCCBr)C1CCC1. The van der Waals surface area contributed by atoms with Crippen LogP contribution in [0.4, 0.5) is 0 Å². The van der Waals surface area contributed by atoms with E-state index in [4.69, 9.17) is 0 Å². The van der Waals surface area contributed by atoms with E-state index >= 15 is 0 Å². The molecule has 3 aliphatic rings. The third-order valence-corrected chi connectivity index (χ3v) is 5.83. The van der Waals surface area contributed by atoms with Crippen molar-refractivity contribution in [3.8, 4) is 0 Å². The van der Waals surface area contributed by atoms with Crippen LogP contribution in [0.25, 0.3) is 0 Å². The summed E-state index contributed by atoms with van der Waals surface area (Å²) in [6, 6.07) is 0.583. The van der Waals surface area contributed by atoms with Gasteiger partial charge >= 0.3 is 0 Å². The molecule has 2 nitrogen and oxygen atoms in total. The molecule has 0 bridgehead atoms. The first-order valence-electron chi connectivity index (χ1n) is 7.69. The number of amides is 1. The Hall–Kier alpha value is -0.0500. The van der Waals surface area contributed by atoms with Crippen molar-refractivity contribution < 1.29 is 4.79 Å². The molecule has 0 heterocycles. The molecule has 0 radical (unpaired) electrons. The van der Waals surface area contributed by atoms with Gasteiger partial charge in [-0.3, -0.25) is 4.79 Å². The first-order valence-corrected chi connectivity index (χ1v) is 8.81. The van der Waals surface area contributed by atoms with Crippen LogP contribution in [-0.4, -0.2) is 28.7 Å². The van der Waals surface area contributed by atoms with Gasteiger partial charge in [0.25, 0.3) is 0 Å². The highest BCUT2D eigenvalue weighted by Gasteiger charge is 2.56. The minimum absolute atomic E-state index is 0.420. The fourth-order valence-electron chi connectivity index (χ4n) is 3.95. The van der Waals surface area contributed by atoms with Gasteiger partial charge in [-0.1, -0.05) is 28.8 Å². The van der Waals surface area contributed by atoms with Gasteiger partial charge < -0.3 is 4.90 Å². The smallest absolute Gasteiger partial charge is 0.226 e. The van der Waals surface area contributed by atoms with Crippen molar-refractivity contribution in [2.75, 3.05) is 11.9 Å². The molecule has 0 spiro atoms. The van der Waals surface area contributed by atoms with E-state index in [1.165, 1.54) is 44.9 Å². The third kappa shape index (κ3) is 2.35. The molecule has 2 atom stereocenters. The molecule has 1 amide bonds. The van der Waals surface area contributed by atoms with Crippen molar-refractivity contribution in [1.29, 1.82) is 0 Å². The van der Waals surface area contributed by atoms with Crippen molar-refractivity contribution in [3.05, 3.63) is 0 Å². The Morgan fingerprint density at radius 2 is 1.72 bits per heavy atom. The molecular formula is C15H24BrNO. The Morgan fingerprint density at radius 3 is 2.22 bits per heavy atom. The zero-order valence-electron chi connectivity index (χ0n) is 11.1. The minimum atomic E-state index is 0.420. The molecule has 3 saturated carbocycles. The fraction of sp³-hybridized carbons (Fsp3) is 0.933. The van der Waals surface area contributed by atoms with E-state index in [1.54, 1.807) is 0 Å². The molecular weight excluding hydrogens is 290 g/mol. The van der Waals surface area contributed by atoms with Crippen molar-refractivity contribution in [2.24, 2.45) is 17.8 Å². The van der Waals surface area contributed by atoms with Crippen LogP contribution in [0.2, 0.25) is 0 Å². The summed E-state index contributed by atoms with van der Waals surface area (Å²) in [5.41, 5.74) is 0. The van der Waals surface area contributed by atoms with Crippen LogP contribution in [0.3, 0.4) is 0 Å². The van der Waals surface area contributed by atoms with Crippen LogP contribution < -0.4 is 0 Å². The number of nitrogens with zero attached hydrogens (tertiary/aromatic N) is 1. The molecule has 3 fully saturated rings. The molecule has 0 aromatic heterocycles. The number of halogens is 1. The van der Waals surface area contributed by atoms with Gasteiger partial charge in [-0.2, -0.15) is 0 Å². The molecule has 18 heavy (non-hydrogen) atoms. The van der Waals surface area contributed by atoms with Gasteiger partial charge in [0.1, 0.15) is 0 Å². The zero-order valence-corrected chi connectivity index (χ0v) is 12.7. The lowest BCUT2D eigenvalue weighted by Gasteiger charge is -2.38. The predicted octanol–water partition coefficient (Wildman–Crippen LogP) is 3.59. The van der Waals surface area contributed by atoms with Crippen molar-refractivity contribution in [3.63, 3.8) is 0 Å². The van der Waals surface area contributed by atoms with E-state index in [9.17, 15) is 4.79 Å². The molecule has 0 aromatic carbocycles. The summed E-state index contributed by atoms with van der Waals surface area (Å²) in [6.07, 6.45) is 10.3. The van der Waals surface area contributed by atoms with E-state index in [1.807, 2.05) is 0 Å². The second-order valence-electron chi connectivity index (χ2n) is 6.30. The van der Waals surface area contributed by atoms with E-state index in [0.717, 1.165) is 30.1 Å². The lowest BCUT2D eigenvalue weighted by atomic mass is 9.91. The standard InChI is InChI=1S/C15H24BrNO/c16-9-4-10-17(11-5-3-6-11)15(18)14-12-7-1-2-8-13(12)14/h11-14H,1-10H2. The zero-order chi connectivity index (χ0) is 12.5. The Labute approximate surface area is 119 Å². The van der Waals surface area contributed by atoms with Crippen molar-refractivity contribution in [1.82, 2.24) is 4.90 Å². The maximum absolute atomic E-state index is 12.7. The first kappa shape index (κ1) is 13.0. The largest absolute Gasteiger partial charge is 0.339 e. The van der Waals surface area contributed by atoms with E-state index in [-0.39, 0.29) is 0 Å². The Morgan fingerprint density at radius 1 is 1.06 bits per heavy atom. The van der Waals surface area contributed by atoms with E-state index in [2.05, 4.69) is 20.8 Å². The Kier molecular flexibility index (Phi) is 3.97. The normalized spacial score (nSPS) is 34.6. The topological polar surface area (TPSA) is 20.3 Å². The number of carbonyl (C=O) groups is 1. The Bertz CT molecular complexity index is 304. The molecule has 2 unspecified atom stereocenters. The van der Waals surface area contributed by atoms with Crippen molar-refractivity contribution >= 4 is 21.8 Å². The van der Waals surface area contributed by atoms with Crippen LogP contribution in [0.1, 0.15) is 51.4 Å². The average Bonchev–Trinajstić information content (AvgIpc) is 3.05. The molecule has 3 rings (SSSR count). The lowest BCUT2D eigenvalue weighted by Crippen LogP contribution is -2.46. The summed E-state index contributed by atoms with van der Waals surface area (Å²) >= 11 is 3.49. The van der Waals surface area contributed by atoms with Gasteiger partial charge in [0.15, 0.2) is 0 Å². The lowest BCUT2D eigenvalue weighted by molar-refractivity contribution is -0.137. The number of hydrogen-bond acceptors (Lipinski definition) is 1. The highest BCUT2D eigenvalue weighted by atomic mass is 79.9. The van der Waals surface area contributed by atoms with Crippen LogP contribution >= 0.6 is 15.9 Å². The minimum Gasteiger partial charge on any atom is -0.339 e. The number of alkyl halides is 1. The Balaban J connectivity index is 1.60. The number of hydrogen-bond donors (Lipinski definition) is 0. The number of fused-ring (bicyclic) bond motifs is 1. The highest BCUT2D eigenvalue weighted by molar-refractivity contribution is 9.09. The quantitative estimate of drug-likeness (QED) is 0.710. The molecule has 0 saturated heterocycles. The van der Waals surface area contributed by atoms with Gasteiger partial charge in [-0.05, 0) is 50.4 Å². The highest BCUT2D eigenvalue weighted by Crippen LogP contribution is 2.56. The van der Waals surface area contributed by atoms with Gasteiger partial charge in [0, 0.05) is 23.8 Å².